The van der Waals surface area contributed by atoms with Crippen LogP contribution >= 0.6 is 11.3 Å². The smallest absolute Gasteiger partial charge is 0.231 e. The lowest BCUT2D eigenvalue weighted by Crippen LogP contribution is -2.29. The zero-order valence-corrected chi connectivity index (χ0v) is 20.1. The maximum atomic E-state index is 13.7. The van der Waals surface area contributed by atoms with Crippen molar-refractivity contribution in [3.8, 4) is 23.0 Å². The fourth-order valence-corrected chi connectivity index (χ4v) is 6.36. The molecule has 6 nitrogen and oxygen atoms in total. The lowest BCUT2D eigenvalue weighted by atomic mass is 9.73. The molecule has 6 rings (SSSR count). The molecule has 7 heteroatoms. The van der Waals surface area contributed by atoms with E-state index >= 15 is 0 Å². The van der Waals surface area contributed by atoms with Gasteiger partial charge < -0.3 is 24.3 Å². The molecule has 1 aromatic heterocycles. The van der Waals surface area contributed by atoms with Gasteiger partial charge in [-0.25, -0.2) is 0 Å². The standard InChI is InChI=1S/C27H25NO5S/c1-14-6-7-34-27(14)25-17-11-23-24(33-13-32-23)12-18(17)28-19-8-16(9-20(29)26(19)25)15-4-5-21(30-2)22(10-15)31-3/h4-7,10-12,16,25,28H,8-9,13H2,1-3H3/t16-,25+/m1/s1. The molecule has 0 saturated carbocycles. The quantitative estimate of drug-likeness (QED) is 0.518. The predicted molar refractivity (Wildman–Crippen MR) is 131 cm³/mol. The van der Waals surface area contributed by atoms with Gasteiger partial charge in [-0.1, -0.05) is 6.07 Å². The molecule has 34 heavy (non-hydrogen) atoms. The maximum Gasteiger partial charge on any atom is 0.231 e. The number of rotatable bonds is 4. The van der Waals surface area contributed by atoms with Gasteiger partial charge in [0.05, 0.1) is 20.1 Å². The molecule has 0 fully saturated rings. The molecule has 0 radical (unpaired) electrons. The minimum absolute atomic E-state index is 0.0548. The lowest BCUT2D eigenvalue weighted by molar-refractivity contribution is -0.116. The van der Waals surface area contributed by atoms with Gasteiger partial charge in [-0.2, -0.15) is 0 Å². The number of nitrogens with one attached hydrogen (secondary N) is 1. The molecule has 0 spiro atoms. The van der Waals surface area contributed by atoms with E-state index in [9.17, 15) is 4.79 Å². The van der Waals surface area contributed by atoms with Crippen LogP contribution in [0.25, 0.3) is 0 Å². The van der Waals surface area contributed by atoms with Gasteiger partial charge in [0.2, 0.25) is 6.79 Å². The molecule has 3 aliphatic rings. The highest BCUT2D eigenvalue weighted by molar-refractivity contribution is 7.10. The molecule has 1 aliphatic carbocycles. The van der Waals surface area contributed by atoms with E-state index < -0.39 is 0 Å². The normalized spacial score (nSPS) is 20.5. The van der Waals surface area contributed by atoms with Crippen LogP contribution in [0.3, 0.4) is 0 Å². The summed E-state index contributed by atoms with van der Waals surface area (Å²) in [5.41, 5.74) is 6.16. The zero-order chi connectivity index (χ0) is 23.4. The summed E-state index contributed by atoms with van der Waals surface area (Å²) in [6, 6.07) is 12.1. The minimum Gasteiger partial charge on any atom is -0.493 e. The molecule has 2 atom stereocenters. The van der Waals surface area contributed by atoms with E-state index in [1.807, 2.05) is 30.3 Å². The van der Waals surface area contributed by atoms with E-state index in [1.165, 1.54) is 10.4 Å². The molecule has 3 aromatic rings. The summed E-state index contributed by atoms with van der Waals surface area (Å²) in [7, 11) is 3.26. The molecule has 1 N–H and O–H groups in total. The lowest BCUT2D eigenvalue weighted by Gasteiger charge is -2.36. The van der Waals surface area contributed by atoms with E-state index in [0.29, 0.717) is 17.9 Å². The number of carbonyl (C=O) groups excluding carboxylic acids is 1. The van der Waals surface area contributed by atoms with Gasteiger partial charge in [0.1, 0.15) is 0 Å². The van der Waals surface area contributed by atoms with Crippen molar-refractivity contribution in [2.24, 2.45) is 0 Å². The summed E-state index contributed by atoms with van der Waals surface area (Å²) < 4.78 is 22.2. The first kappa shape index (κ1) is 21.1. The second-order valence-electron chi connectivity index (χ2n) is 8.85. The molecule has 2 aromatic carbocycles. The van der Waals surface area contributed by atoms with E-state index in [2.05, 4.69) is 23.7 Å². The first-order chi connectivity index (χ1) is 16.6. The van der Waals surface area contributed by atoms with E-state index in [-0.39, 0.29) is 24.4 Å². The molecule has 0 bridgehead atoms. The summed E-state index contributed by atoms with van der Waals surface area (Å²) in [4.78, 5) is 14.9. The van der Waals surface area contributed by atoms with Crippen LogP contribution < -0.4 is 24.3 Å². The summed E-state index contributed by atoms with van der Waals surface area (Å²) in [6.07, 6.45) is 1.20. The minimum atomic E-state index is -0.111. The number of methoxy groups -OCH3 is 2. The van der Waals surface area contributed by atoms with Crippen molar-refractivity contribution in [2.75, 3.05) is 26.3 Å². The van der Waals surface area contributed by atoms with E-state index in [0.717, 1.165) is 46.0 Å². The largest absolute Gasteiger partial charge is 0.493 e. The Kier molecular flexibility index (Phi) is 5.03. The van der Waals surface area contributed by atoms with Gasteiger partial charge in [0.15, 0.2) is 28.8 Å². The number of allylic oxidation sites excluding steroid dienone is 2. The fourth-order valence-electron chi connectivity index (χ4n) is 5.30. The first-order valence-electron chi connectivity index (χ1n) is 11.3. The average Bonchev–Trinajstić information content (AvgIpc) is 3.48. The second-order valence-corrected chi connectivity index (χ2v) is 9.80. The molecule has 0 saturated heterocycles. The highest BCUT2D eigenvalue weighted by Crippen LogP contribution is 2.52. The highest BCUT2D eigenvalue weighted by Gasteiger charge is 2.40. The van der Waals surface area contributed by atoms with Crippen LogP contribution in [0.5, 0.6) is 23.0 Å². The number of anilines is 1. The SMILES string of the molecule is COc1ccc([C@H]2CC(=O)C3=C(C2)Nc2cc4c(cc2[C@@H]3c2sccc2C)OCO4)cc1OC. The van der Waals surface area contributed by atoms with Gasteiger partial charge in [-0.05, 0) is 65.6 Å². The molecule has 0 amide bonds. The van der Waals surface area contributed by atoms with Crippen LogP contribution in [0.15, 0.2) is 53.0 Å². The van der Waals surface area contributed by atoms with Crippen molar-refractivity contribution in [1.82, 2.24) is 0 Å². The number of Topliss-reactive ketones (excluding diaryl/α,β-unsaturated/α-hetero) is 1. The summed E-state index contributed by atoms with van der Waals surface area (Å²) >= 11 is 1.70. The Morgan fingerprint density at radius 3 is 2.53 bits per heavy atom. The van der Waals surface area contributed by atoms with Gasteiger partial charge >= 0.3 is 0 Å². The molecule has 2 aliphatic heterocycles. The van der Waals surface area contributed by atoms with Crippen LogP contribution in [-0.2, 0) is 4.79 Å². The number of ketones is 1. The van der Waals surface area contributed by atoms with Crippen LogP contribution in [0.1, 0.15) is 46.2 Å². The molecule has 3 heterocycles. The number of fused-ring (bicyclic) bond motifs is 2. The average molecular weight is 476 g/mol. The van der Waals surface area contributed by atoms with Crippen molar-refractivity contribution >= 4 is 22.8 Å². The topological polar surface area (TPSA) is 66.0 Å². The Balaban J connectivity index is 1.45. The van der Waals surface area contributed by atoms with Crippen molar-refractivity contribution in [1.29, 1.82) is 0 Å². The Morgan fingerprint density at radius 2 is 1.79 bits per heavy atom. The monoisotopic (exact) mass is 475 g/mol. The van der Waals surface area contributed by atoms with Crippen LogP contribution in [0, 0.1) is 6.92 Å². The molecular weight excluding hydrogens is 450 g/mol. The number of benzene rings is 2. The molecular formula is C27H25NO5S. The third-order valence-corrected chi connectivity index (χ3v) is 8.06. The highest BCUT2D eigenvalue weighted by atomic mass is 32.1. The van der Waals surface area contributed by atoms with Crippen molar-refractivity contribution in [3.63, 3.8) is 0 Å². The predicted octanol–water partition coefficient (Wildman–Crippen LogP) is 5.76. The van der Waals surface area contributed by atoms with Crippen LogP contribution in [0.2, 0.25) is 0 Å². The van der Waals surface area contributed by atoms with E-state index in [1.54, 1.807) is 25.6 Å². The van der Waals surface area contributed by atoms with Crippen LogP contribution in [-0.4, -0.2) is 26.8 Å². The number of hydrogen-bond donors (Lipinski definition) is 1. The number of aryl methyl sites for hydroxylation is 1. The van der Waals surface area contributed by atoms with Crippen molar-refractivity contribution in [2.45, 2.75) is 31.6 Å². The van der Waals surface area contributed by atoms with E-state index in [4.69, 9.17) is 18.9 Å². The Hall–Kier alpha value is -3.45. The first-order valence-corrected chi connectivity index (χ1v) is 12.2. The third kappa shape index (κ3) is 3.26. The Bertz CT molecular complexity index is 1340. The van der Waals surface area contributed by atoms with Gasteiger partial charge in [0, 0.05) is 34.3 Å². The summed E-state index contributed by atoms with van der Waals surface area (Å²) in [5, 5.41) is 5.69. The van der Waals surface area contributed by atoms with Gasteiger partial charge in [-0.15, -0.1) is 11.3 Å². The zero-order valence-electron chi connectivity index (χ0n) is 19.3. The van der Waals surface area contributed by atoms with Crippen molar-refractivity contribution in [3.05, 3.63) is 74.6 Å². The van der Waals surface area contributed by atoms with Gasteiger partial charge in [-0.3, -0.25) is 4.79 Å². The van der Waals surface area contributed by atoms with Crippen LogP contribution in [0.4, 0.5) is 5.69 Å². The number of ether oxygens (including phenoxy) is 4. The third-order valence-electron chi connectivity index (χ3n) is 6.98. The molecule has 174 valence electrons. The maximum absolute atomic E-state index is 13.7. The number of thiophene rings is 1. The Labute approximate surface area is 202 Å². The number of carbonyl (C=O) groups is 1. The van der Waals surface area contributed by atoms with Crippen molar-refractivity contribution < 1.29 is 23.7 Å². The summed E-state index contributed by atoms with van der Waals surface area (Å²) in [6.45, 7) is 2.33. The summed E-state index contributed by atoms with van der Waals surface area (Å²) in [5.74, 6) is 2.94. The molecule has 0 unspecified atom stereocenters. The second kappa shape index (κ2) is 8.09. The fraction of sp³-hybridized carbons (Fsp3) is 0.296. The number of hydrogen-bond acceptors (Lipinski definition) is 7. The Morgan fingerprint density at radius 1 is 1.00 bits per heavy atom. The van der Waals surface area contributed by atoms with Gasteiger partial charge in [0.25, 0.3) is 0 Å².